The minimum Gasteiger partial charge on any atom is -0.456 e. The van der Waals surface area contributed by atoms with Gasteiger partial charge in [0.1, 0.15) is 22.3 Å². The van der Waals surface area contributed by atoms with Crippen molar-refractivity contribution in [1.29, 1.82) is 0 Å². The summed E-state index contributed by atoms with van der Waals surface area (Å²) in [6.07, 6.45) is 0. The lowest BCUT2D eigenvalue weighted by molar-refractivity contribution is 0.668. The largest absolute Gasteiger partial charge is 0.456 e. The number of fused-ring (bicyclic) bond motifs is 16. The number of benzene rings is 16. The SMILES string of the molecule is [2H]c1c([2H])c([2H])c2c(-c3c([2H])c([2H])c4c(c3[2H])c([2H])c([2H])c3c([2H])c([2H])c([2H])c([2H])c34)c3c([2H])c([2H])c([2H])c([2H])c3c(-c3ccc4oc5ccccc5c4c3)c2c1[2H].[2H]c1c([2H])c([2H])c2c(-c3c([2H])c4c([2H])c([2H])c([2H])c([2H])c4c4c([2H])c([2H])c([2H])c([2H])c34)c3c([2H])c([2H])c([2H])c([2H])c3c(-c3ccc4oc5ccccc5c4c3)c2c1[2H]. The van der Waals surface area contributed by atoms with Crippen LogP contribution in [0.4, 0.5) is 0 Å². The highest BCUT2D eigenvalue weighted by Gasteiger charge is 2.22. The van der Waals surface area contributed by atoms with E-state index < -0.39 is 265 Å². The van der Waals surface area contributed by atoms with E-state index in [1.165, 1.54) is 0 Å². The number of para-hydroxylation sites is 2. The fourth-order valence-corrected chi connectivity index (χ4v) is 11.3. The van der Waals surface area contributed by atoms with E-state index in [4.69, 9.17) is 37.6 Å². The average Bonchev–Trinajstić information content (AvgIpc) is 0.709. The summed E-state index contributed by atoms with van der Waals surface area (Å²) in [6.45, 7) is 0. The maximum atomic E-state index is 9.72. The average molecular weight is 1080 g/mol. The van der Waals surface area contributed by atoms with Crippen LogP contribution in [-0.2, 0) is 0 Å². The quantitative estimate of drug-likeness (QED) is 0.130. The molecular formula is C80H48O2. The van der Waals surface area contributed by atoms with Crippen molar-refractivity contribution < 1.29 is 55.4 Å². The van der Waals surface area contributed by atoms with Gasteiger partial charge in [0.25, 0.3) is 0 Å². The second-order valence-electron chi connectivity index (χ2n) is 19.1. The number of hydrogen-bond acceptors (Lipinski definition) is 2. The molecule has 82 heavy (non-hydrogen) atoms. The Kier molecular flexibility index (Phi) is 5.36. The van der Waals surface area contributed by atoms with Crippen LogP contribution in [0.15, 0.2) is 299 Å². The highest BCUT2D eigenvalue weighted by molar-refractivity contribution is 6.27. The van der Waals surface area contributed by atoms with Gasteiger partial charge < -0.3 is 8.83 Å². The van der Waals surface area contributed by atoms with Gasteiger partial charge in [0, 0.05) is 21.5 Å². The summed E-state index contributed by atoms with van der Waals surface area (Å²) in [4.78, 5) is 0. The van der Waals surface area contributed by atoms with Gasteiger partial charge in [-0.1, -0.05) is 242 Å². The maximum Gasteiger partial charge on any atom is 0.135 e. The molecule has 0 fully saturated rings. The van der Waals surface area contributed by atoms with Gasteiger partial charge in [0.2, 0.25) is 0 Å². The molecule has 18 rings (SSSR count). The summed E-state index contributed by atoms with van der Waals surface area (Å²) in [5.41, 5.74) is 0.787. The molecule has 0 atom stereocenters. The second-order valence-corrected chi connectivity index (χ2v) is 19.1. The first-order chi connectivity index (χ1) is 54.8. The van der Waals surface area contributed by atoms with Gasteiger partial charge in [0.15, 0.2) is 0 Å². The van der Waals surface area contributed by atoms with E-state index in [0.29, 0.717) is 49.4 Å². The Morgan fingerprint density at radius 2 is 0.573 bits per heavy atom. The standard InChI is InChI=1S/2C40H24O/c1-2-10-29-25(9-1)17-18-26-23-27(19-21-30(26)29)39-32-12-3-5-14-34(32)40(35-15-6-4-13-33(35)39)28-20-22-38-36(24-28)31-11-7-8-16-37(31)41-38;1-2-12-27-25(11-1)23-36(29-14-4-3-13-28(27)29)40-33-18-7-5-16-31(33)39(32-17-6-8-19-34(32)40)26-21-22-38-35(24-26)30-15-9-10-20-37(30)41-38/h2*1-24H/i1D,2D,3D,4D,5D,6D,9D,10D,12D,13D,14D,15D,17D,18D,19D,21D,23D;1D,2D,3D,4D,5D,6D,7D,8D,11D,12D,13D,14D,16D,17D,18D,19D,23D. The fourth-order valence-electron chi connectivity index (χ4n) is 11.3. The molecular weight excluding hydrogens is 993 g/mol. The van der Waals surface area contributed by atoms with Crippen LogP contribution in [0.3, 0.4) is 0 Å². The van der Waals surface area contributed by atoms with Gasteiger partial charge in [-0.05, 0) is 179 Å². The Balaban J connectivity index is 0.000000167. The molecule has 0 amide bonds. The molecule has 0 aliphatic heterocycles. The van der Waals surface area contributed by atoms with Crippen LogP contribution in [0.2, 0.25) is 0 Å². The molecule has 2 heteroatoms. The smallest absolute Gasteiger partial charge is 0.135 e. The third-order valence-corrected chi connectivity index (χ3v) is 14.8. The van der Waals surface area contributed by atoms with Crippen molar-refractivity contribution in [3.05, 3.63) is 290 Å². The Morgan fingerprint density at radius 3 is 1.09 bits per heavy atom. The third kappa shape index (κ3) is 7.15. The number of hydrogen-bond donors (Lipinski definition) is 0. The van der Waals surface area contributed by atoms with Crippen molar-refractivity contribution >= 4 is 130 Å². The van der Waals surface area contributed by atoms with E-state index in [9.17, 15) is 17.8 Å². The van der Waals surface area contributed by atoms with E-state index in [-0.39, 0.29) is 65.2 Å². The summed E-state index contributed by atoms with van der Waals surface area (Å²) >= 11 is 0. The van der Waals surface area contributed by atoms with Crippen LogP contribution in [0.1, 0.15) is 46.6 Å². The van der Waals surface area contributed by atoms with Crippen molar-refractivity contribution in [2.75, 3.05) is 0 Å². The minimum absolute atomic E-state index is 0.00138. The van der Waals surface area contributed by atoms with Gasteiger partial charge >= 0.3 is 0 Å². The van der Waals surface area contributed by atoms with Crippen LogP contribution in [0, 0.1) is 0 Å². The predicted molar refractivity (Wildman–Crippen MR) is 349 cm³/mol. The molecule has 0 unspecified atom stereocenters. The van der Waals surface area contributed by atoms with Gasteiger partial charge in [-0.3, -0.25) is 0 Å². The Morgan fingerprint density at radius 1 is 0.220 bits per heavy atom. The third-order valence-electron chi connectivity index (χ3n) is 14.8. The monoisotopic (exact) mass is 1070 g/mol. The first kappa shape index (κ1) is 23.9. The molecule has 0 saturated heterocycles. The van der Waals surface area contributed by atoms with Crippen LogP contribution in [0.25, 0.3) is 175 Å². The summed E-state index contributed by atoms with van der Waals surface area (Å²) in [5, 5.41) is -2.98. The minimum atomic E-state index is -0.787. The van der Waals surface area contributed by atoms with Gasteiger partial charge in [0.05, 0.1) is 46.6 Å². The summed E-state index contributed by atoms with van der Waals surface area (Å²) in [7, 11) is 0. The predicted octanol–water partition coefficient (Wildman–Crippen LogP) is 23.1. The van der Waals surface area contributed by atoms with Gasteiger partial charge in [-0.25, -0.2) is 0 Å². The molecule has 0 spiro atoms. The zero-order chi connectivity index (χ0) is 83.4. The van der Waals surface area contributed by atoms with Crippen molar-refractivity contribution in [1.82, 2.24) is 0 Å². The summed E-state index contributed by atoms with van der Waals surface area (Å²) < 4.78 is 317. The Hall–Kier alpha value is -10.8. The fraction of sp³-hybridized carbons (Fsp3) is 0. The van der Waals surface area contributed by atoms with Crippen molar-refractivity contribution in [2.45, 2.75) is 0 Å². The lowest BCUT2D eigenvalue weighted by Gasteiger charge is -2.19. The molecule has 0 aliphatic rings. The number of furan rings is 2. The molecule has 16 aromatic carbocycles. The summed E-state index contributed by atoms with van der Waals surface area (Å²) in [5.74, 6) is 0. The van der Waals surface area contributed by atoms with Crippen molar-refractivity contribution in [2.24, 2.45) is 0 Å². The Labute approximate surface area is 519 Å². The van der Waals surface area contributed by atoms with E-state index in [1.54, 1.807) is 72.8 Å². The van der Waals surface area contributed by atoms with E-state index in [1.807, 2.05) is 12.1 Å². The highest BCUT2D eigenvalue weighted by Crippen LogP contribution is 2.49. The molecule has 380 valence electrons. The van der Waals surface area contributed by atoms with Crippen LogP contribution >= 0.6 is 0 Å². The molecule has 0 radical (unpaired) electrons. The van der Waals surface area contributed by atoms with Crippen LogP contribution < -0.4 is 0 Å². The maximum absolute atomic E-state index is 9.72. The molecule has 0 N–H and O–H groups in total. The van der Waals surface area contributed by atoms with E-state index in [2.05, 4.69) is 0 Å². The highest BCUT2D eigenvalue weighted by atomic mass is 16.3. The van der Waals surface area contributed by atoms with E-state index >= 15 is 0 Å². The van der Waals surface area contributed by atoms with Crippen molar-refractivity contribution in [3.8, 4) is 44.5 Å². The molecule has 2 nitrogen and oxygen atoms in total. The molecule has 18 aromatic rings. The molecule has 2 heterocycles. The zero-order valence-electron chi connectivity index (χ0n) is 75.9. The lowest BCUT2D eigenvalue weighted by atomic mass is 9.83. The number of rotatable bonds is 4. The van der Waals surface area contributed by atoms with Crippen LogP contribution in [0.5, 0.6) is 0 Å². The zero-order valence-corrected chi connectivity index (χ0v) is 41.9. The van der Waals surface area contributed by atoms with E-state index in [0.717, 1.165) is 0 Å². The van der Waals surface area contributed by atoms with Crippen molar-refractivity contribution in [3.63, 3.8) is 0 Å². The van der Waals surface area contributed by atoms with Gasteiger partial charge in [-0.15, -0.1) is 0 Å². The first-order valence-corrected chi connectivity index (χ1v) is 25.4. The van der Waals surface area contributed by atoms with Gasteiger partial charge in [-0.2, -0.15) is 0 Å². The summed E-state index contributed by atoms with van der Waals surface area (Å²) in [6, 6.07) is 0.319. The second kappa shape index (κ2) is 18.4. The lowest BCUT2D eigenvalue weighted by Crippen LogP contribution is -1.92. The normalized spacial score (nSPS) is 17.7. The van der Waals surface area contributed by atoms with Crippen LogP contribution in [-0.4, -0.2) is 0 Å². The molecule has 0 saturated carbocycles. The molecule has 0 aliphatic carbocycles. The molecule has 2 aromatic heterocycles. The molecule has 0 bridgehead atoms. The Bertz CT molecular complexity index is 7600. The first-order valence-electron chi connectivity index (χ1n) is 42.4. The topological polar surface area (TPSA) is 26.3 Å².